The maximum Gasteiger partial charge on any atom is 0.141 e. The Kier molecular flexibility index (Phi) is 5.34. The zero-order chi connectivity index (χ0) is 13.7. The van der Waals surface area contributed by atoms with Crippen molar-refractivity contribution in [1.29, 1.82) is 0 Å². The third-order valence-corrected chi connectivity index (χ3v) is 3.76. The third-order valence-electron chi connectivity index (χ3n) is 3.76. The quantitative estimate of drug-likeness (QED) is 0.857. The molecule has 5 nitrogen and oxygen atoms in total. The molecule has 1 aromatic rings. The largest absolute Gasteiger partial charge is 0.381 e. The van der Waals surface area contributed by atoms with E-state index in [4.69, 9.17) is 4.74 Å². The van der Waals surface area contributed by atoms with E-state index in [9.17, 15) is 0 Å². The van der Waals surface area contributed by atoms with Crippen LogP contribution in [0.2, 0.25) is 0 Å². The van der Waals surface area contributed by atoms with Gasteiger partial charge in [-0.25, -0.2) is 9.67 Å². The molecule has 0 amide bonds. The first kappa shape index (κ1) is 14.5. The lowest BCUT2D eigenvalue weighted by Gasteiger charge is -2.29. The fourth-order valence-electron chi connectivity index (χ4n) is 2.73. The first-order valence-corrected chi connectivity index (χ1v) is 7.32. The van der Waals surface area contributed by atoms with Crippen LogP contribution in [0.25, 0.3) is 0 Å². The van der Waals surface area contributed by atoms with Gasteiger partial charge in [-0.1, -0.05) is 13.8 Å². The van der Waals surface area contributed by atoms with Gasteiger partial charge in [-0.2, -0.15) is 5.10 Å². The van der Waals surface area contributed by atoms with Crippen LogP contribution in [0.4, 0.5) is 0 Å². The number of rotatable bonds is 6. The van der Waals surface area contributed by atoms with Crippen LogP contribution < -0.4 is 5.32 Å². The summed E-state index contributed by atoms with van der Waals surface area (Å²) in [5.41, 5.74) is 0. The smallest absolute Gasteiger partial charge is 0.141 e. The van der Waals surface area contributed by atoms with E-state index < -0.39 is 0 Å². The second-order valence-corrected chi connectivity index (χ2v) is 5.82. The van der Waals surface area contributed by atoms with Crippen molar-refractivity contribution in [1.82, 2.24) is 20.1 Å². The minimum atomic E-state index is 0.374. The van der Waals surface area contributed by atoms with Crippen LogP contribution in [-0.2, 0) is 11.3 Å². The van der Waals surface area contributed by atoms with Crippen molar-refractivity contribution in [2.75, 3.05) is 13.7 Å². The third kappa shape index (κ3) is 4.01. The Morgan fingerprint density at radius 2 is 2.32 bits per heavy atom. The topological polar surface area (TPSA) is 52.0 Å². The van der Waals surface area contributed by atoms with Gasteiger partial charge >= 0.3 is 0 Å². The molecule has 1 aliphatic rings. The molecule has 1 saturated carbocycles. The number of ether oxygens (including phenoxy) is 1. The van der Waals surface area contributed by atoms with Crippen LogP contribution in [0.15, 0.2) is 6.33 Å². The minimum Gasteiger partial charge on any atom is -0.381 e. The van der Waals surface area contributed by atoms with Gasteiger partial charge in [-0.15, -0.1) is 0 Å². The SMILES string of the molecule is COC1CCCC(n2ncnc2CNCC(C)C)C1. The van der Waals surface area contributed by atoms with E-state index in [-0.39, 0.29) is 0 Å². The summed E-state index contributed by atoms with van der Waals surface area (Å²) in [7, 11) is 1.81. The summed E-state index contributed by atoms with van der Waals surface area (Å²) in [5, 5.41) is 7.85. The Bertz CT molecular complexity index is 377. The van der Waals surface area contributed by atoms with Crippen LogP contribution in [0.5, 0.6) is 0 Å². The van der Waals surface area contributed by atoms with Crippen molar-refractivity contribution < 1.29 is 4.74 Å². The van der Waals surface area contributed by atoms with Gasteiger partial charge in [-0.3, -0.25) is 0 Å². The van der Waals surface area contributed by atoms with Gasteiger partial charge in [0.1, 0.15) is 12.2 Å². The Balaban J connectivity index is 1.94. The molecule has 2 unspecified atom stereocenters. The summed E-state index contributed by atoms with van der Waals surface area (Å²) < 4.78 is 7.59. The molecule has 0 saturated heterocycles. The van der Waals surface area contributed by atoms with Crippen molar-refractivity contribution in [3.05, 3.63) is 12.2 Å². The molecule has 1 aromatic heterocycles. The molecular weight excluding hydrogens is 240 g/mol. The number of hydrogen-bond donors (Lipinski definition) is 1. The minimum absolute atomic E-state index is 0.374. The van der Waals surface area contributed by atoms with E-state index in [0.29, 0.717) is 18.1 Å². The molecule has 2 atom stereocenters. The number of nitrogens with one attached hydrogen (secondary N) is 1. The number of aromatic nitrogens is 3. The maximum atomic E-state index is 5.49. The summed E-state index contributed by atoms with van der Waals surface area (Å²) in [6.45, 7) is 6.23. The van der Waals surface area contributed by atoms with Crippen LogP contribution >= 0.6 is 0 Å². The first-order valence-electron chi connectivity index (χ1n) is 7.32. The van der Waals surface area contributed by atoms with Gasteiger partial charge < -0.3 is 10.1 Å². The predicted molar refractivity (Wildman–Crippen MR) is 74.9 cm³/mol. The summed E-state index contributed by atoms with van der Waals surface area (Å²) in [4.78, 5) is 4.39. The van der Waals surface area contributed by atoms with Crippen molar-refractivity contribution in [2.24, 2.45) is 5.92 Å². The van der Waals surface area contributed by atoms with Gasteiger partial charge in [0.15, 0.2) is 0 Å². The fourth-order valence-corrected chi connectivity index (χ4v) is 2.73. The summed E-state index contributed by atoms with van der Waals surface area (Å²) in [6, 6.07) is 0.442. The van der Waals surface area contributed by atoms with Gasteiger partial charge in [0.05, 0.1) is 18.7 Å². The summed E-state index contributed by atoms with van der Waals surface area (Å²) in [6.07, 6.45) is 6.66. The molecule has 108 valence electrons. The molecule has 1 aliphatic carbocycles. The van der Waals surface area contributed by atoms with Crippen molar-refractivity contribution in [2.45, 2.75) is 58.2 Å². The lowest BCUT2D eigenvalue weighted by atomic mass is 9.93. The molecule has 0 aliphatic heterocycles. The van der Waals surface area contributed by atoms with Gasteiger partial charge in [0.25, 0.3) is 0 Å². The first-order chi connectivity index (χ1) is 9.20. The second-order valence-electron chi connectivity index (χ2n) is 5.82. The van der Waals surface area contributed by atoms with Crippen molar-refractivity contribution in [3.63, 3.8) is 0 Å². The fraction of sp³-hybridized carbons (Fsp3) is 0.857. The van der Waals surface area contributed by atoms with E-state index in [1.807, 2.05) is 0 Å². The zero-order valence-corrected chi connectivity index (χ0v) is 12.3. The van der Waals surface area contributed by atoms with E-state index in [1.54, 1.807) is 13.4 Å². The normalized spacial score (nSPS) is 24.0. The van der Waals surface area contributed by atoms with Gasteiger partial charge in [0.2, 0.25) is 0 Å². The van der Waals surface area contributed by atoms with Crippen LogP contribution in [0.3, 0.4) is 0 Å². The molecule has 1 N–H and O–H groups in total. The number of nitrogens with zero attached hydrogens (tertiary/aromatic N) is 3. The zero-order valence-electron chi connectivity index (χ0n) is 12.3. The number of hydrogen-bond acceptors (Lipinski definition) is 4. The molecule has 1 fully saturated rings. The second kappa shape index (κ2) is 7.01. The number of methoxy groups -OCH3 is 1. The highest BCUT2D eigenvalue weighted by atomic mass is 16.5. The summed E-state index contributed by atoms with van der Waals surface area (Å²) in [5.74, 6) is 1.70. The van der Waals surface area contributed by atoms with Gasteiger partial charge in [-0.05, 0) is 38.1 Å². The molecular formula is C14H26N4O. The summed E-state index contributed by atoms with van der Waals surface area (Å²) >= 11 is 0. The molecule has 1 heterocycles. The lowest BCUT2D eigenvalue weighted by molar-refractivity contribution is 0.0501. The predicted octanol–water partition coefficient (Wildman–Crippen LogP) is 2.15. The molecule has 19 heavy (non-hydrogen) atoms. The van der Waals surface area contributed by atoms with Crippen LogP contribution in [0.1, 0.15) is 51.4 Å². The van der Waals surface area contributed by atoms with E-state index in [1.165, 1.54) is 19.3 Å². The molecule has 0 aromatic carbocycles. The highest BCUT2D eigenvalue weighted by Crippen LogP contribution is 2.29. The highest BCUT2D eigenvalue weighted by molar-refractivity contribution is 4.89. The van der Waals surface area contributed by atoms with E-state index in [0.717, 1.165) is 25.3 Å². The highest BCUT2D eigenvalue weighted by Gasteiger charge is 2.25. The van der Waals surface area contributed by atoms with Crippen molar-refractivity contribution >= 4 is 0 Å². The Morgan fingerprint density at radius 1 is 1.47 bits per heavy atom. The molecule has 5 heteroatoms. The average Bonchev–Trinajstić information content (AvgIpc) is 2.87. The van der Waals surface area contributed by atoms with Crippen LogP contribution in [-0.4, -0.2) is 34.5 Å². The monoisotopic (exact) mass is 266 g/mol. The Morgan fingerprint density at radius 3 is 3.05 bits per heavy atom. The molecule has 2 rings (SSSR count). The molecule has 0 bridgehead atoms. The Labute approximate surface area is 115 Å². The lowest BCUT2D eigenvalue weighted by Crippen LogP contribution is -2.28. The van der Waals surface area contributed by atoms with E-state index in [2.05, 4.69) is 33.9 Å². The van der Waals surface area contributed by atoms with Gasteiger partial charge in [0, 0.05) is 7.11 Å². The van der Waals surface area contributed by atoms with Crippen LogP contribution in [0, 0.1) is 5.92 Å². The van der Waals surface area contributed by atoms with E-state index >= 15 is 0 Å². The van der Waals surface area contributed by atoms with Crippen molar-refractivity contribution in [3.8, 4) is 0 Å². The average molecular weight is 266 g/mol. The standard InChI is InChI=1S/C14H26N4O/c1-11(2)8-15-9-14-16-10-17-18(14)12-5-4-6-13(7-12)19-3/h10-13,15H,4-9H2,1-3H3. The molecule has 0 radical (unpaired) electrons. The maximum absolute atomic E-state index is 5.49. The molecule has 0 spiro atoms. The Hall–Kier alpha value is -0.940.